The van der Waals surface area contributed by atoms with Gasteiger partial charge in [-0.3, -0.25) is 4.79 Å². The molecule has 0 bridgehead atoms. The minimum absolute atomic E-state index is 0.00180. The number of carbonyl (C=O) groups is 1. The van der Waals surface area contributed by atoms with E-state index in [1.807, 2.05) is 27.7 Å². The lowest BCUT2D eigenvalue weighted by Crippen LogP contribution is -2.24. The van der Waals surface area contributed by atoms with Gasteiger partial charge in [-0.25, -0.2) is 0 Å². The Balaban J connectivity index is 1.72. The minimum Gasteiger partial charge on any atom is -0.325 e. The summed E-state index contributed by atoms with van der Waals surface area (Å²) in [7, 11) is 0. The number of nitrogens with zero attached hydrogens (tertiary/aromatic N) is 3. The Bertz CT molecular complexity index is 756. The van der Waals surface area contributed by atoms with Gasteiger partial charge in [0, 0.05) is 11.7 Å². The normalized spacial score (nSPS) is 15.4. The molecular formula is C18H24N4OS. The maximum Gasteiger partial charge on any atom is 0.237 e. The lowest BCUT2D eigenvalue weighted by Gasteiger charge is -2.16. The second-order valence-corrected chi connectivity index (χ2v) is 7.96. The highest BCUT2D eigenvalue weighted by Crippen LogP contribution is 2.39. The largest absolute Gasteiger partial charge is 0.325 e. The Hall–Kier alpha value is -1.82. The number of benzene rings is 1. The van der Waals surface area contributed by atoms with Gasteiger partial charge in [0.1, 0.15) is 5.82 Å². The lowest BCUT2D eigenvalue weighted by atomic mass is 10.1. The number of carbonyl (C=O) groups excluding carboxylic acids is 1. The molecule has 0 aliphatic heterocycles. The van der Waals surface area contributed by atoms with Gasteiger partial charge >= 0.3 is 0 Å². The highest BCUT2D eigenvalue weighted by Gasteiger charge is 2.30. The van der Waals surface area contributed by atoms with Crippen molar-refractivity contribution in [2.45, 2.75) is 63.9 Å². The molecule has 1 amide bonds. The molecule has 0 spiro atoms. The van der Waals surface area contributed by atoms with E-state index < -0.39 is 0 Å². The van der Waals surface area contributed by atoms with Gasteiger partial charge in [-0.15, -0.1) is 10.2 Å². The fourth-order valence-corrected chi connectivity index (χ4v) is 3.96. The maximum atomic E-state index is 12.6. The van der Waals surface area contributed by atoms with E-state index >= 15 is 0 Å². The predicted molar refractivity (Wildman–Crippen MR) is 97.6 cm³/mol. The zero-order valence-corrected chi connectivity index (χ0v) is 15.7. The van der Waals surface area contributed by atoms with Crippen LogP contribution in [0.15, 0.2) is 17.3 Å². The van der Waals surface area contributed by atoms with Crippen LogP contribution in [0.3, 0.4) is 0 Å². The Kier molecular flexibility index (Phi) is 4.67. The number of hydrogen-bond donors (Lipinski definition) is 1. The SMILES string of the molecule is Cc1cc(C)c(NC(=O)[C@@H](C)Sc2nnc(C)n2C2CC2)c(C)c1. The van der Waals surface area contributed by atoms with E-state index in [0.29, 0.717) is 6.04 Å². The summed E-state index contributed by atoms with van der Waals surface area (Å²) in [5.41, 5.74) is 4.31. The van der Waals surface area contributed by atoms with Gasteiger partial charge in [-0.2, -0.15) is 0 Å². The second-order valence-electron chi connectivity index (χ2n) is 6.65. The van der Waals surface area contributed by atoms with Crippen LogP contribution in [-0.4, -0.2) is 25.9 Å². The van der Waals surface area contributed by atoms with E-state index in [0.717, 1.165) is 27.8 Å². The van der Waals surface area contributed by atoms with Crippen molar-refractivity contribution < 1.29 is 4.79 Å². The van der Waals surface area contributed by atoms with Crippen molar-refractivity contribution in [1.29, 1.82) is 0 Å². The quantitative estimate of drug-likeness (QED) is 0.834. The first kappa shape index (κ1) is 17.0. The summed E-state index contributed by atoms with van der Waals surface area (Å²) in [5, 5.41) is 12.1. The molecule has 128 valence electrons. The average Bonchev–Trinajstić information content (AvgIpc) is 3.27. The highest BCUT2D eigenvalue weighted by molar-refractivity contribution is 8.00. The summed E-state index contributed by atoms with van der Waals surface area (Å²) < 4.78 is 2.16. The maximum absolute atomic E-state index is 12.6. The number of thioether (sulfide) groups is 1. The van der Waals surface area contributed by atoms with Crippen LogP contribution in [0.25, 0.3) is 0 Å². The molecule has 1 aromatic carbocycles. The van der Waals surface area contributed by atoms with Crippen LogP contribution in [0.1, 0.15) is 48.3 Å². The molecule has 1 aliphatic carbocycles. The number of aromatic nitrogens is 3. The van der Waals surface area contributed by atoms with Gasteiger partial charge in [0.05, 0.1) is 5.25 Å². The Morgan fingerprint density at radius 2 is 1.83 bits per heavy atom. The number of aryl methyl sites for hydroxylation is 4. The number of rotatable bonds is 5. The summed E-state index contributed by atoms with van der Waals surface area (Å²) >= 11 is 1.48. The summed E-state index contributed by atoms with van der Waals surface area (Å²) in [5.74, 6) is 0.927. The molecule has 0 radical (unpaired) electrons. The monoisotopic (exact) mass is 344 g/mol. The molecule has 1 heterocycles. The molecule has 2 aromatic rings. The molecule has 1 aromatic heterocycles. The van der Waals surface area contributed by atoms with E-state index in [2.05, 4.69) is 39.1 Å². The minimum atomic E-state index is -0.230. The molecular weight excluding hydrogens is 320 g/mol. The van der Waals surface area contributed by atoms with Gasteiger partial charge in [0.25, 0.3) is 0 Å². The third-order valence-electron chi connectivity index (χ3n) is 4.32. The van der Waals surface area contributed by atoms with E-state index in [1.165, 1.54) is 30.2 Å². The topological polar surface area (TPSA) is 59.8 Å². The first-order valence-electron chi connectivity index (χ1n) is 8.33. The van der Waals surface area contributed by atoms with Crippen LogP contribution < -0.4 is 5.32 Å². The summed E-state index contributed by atoms with van der Waals surface area (Å²) in [6, 6.07) is 4.69. The van der Waals surface area contributed by atoms with Crippen LogP contribution in [-0.2, 0) is 4.79 Å². The second kappa shape index (κ2) is 6.59. The van der Waals surface area contributed by atoms with Crippen molar-refractivity contribution >= 4 is 23.4 Å². The lowest BCUT2D eigenvalue weighted by molar-refractivity contribution is -0.115. The molecule has 0 saturated heterocycles. The van der Waals surface area contributed by atoms with Gasteiger partial charge in [-0.1, -0.05) is 29.5 Å². The Labute approximate surface area is 147 Å². The predicted octanol–water partition coefficient (Wildman–Crippen LogP) is 3.97. The molecule has 6 heteroatoms. The molecule has 5 nitrogen and oxygen atoms in total. The Morgan fingerprint density at radius 1 is 1.21 bits per heavy atom. The summed E-state index contributed by atoms with van der Waals surface area (Å²) in [6.07, 6.45) is 2.35. The molecule has 1 atom stereocenters. The number of hydrogen-bond acceptors (Lipinski definition) is 4. The number of nitrogens with one attached hydrogen (secondary N) is 1. The van der Waals surface area contributed by atoms with Crippen LogP contribution in [0.2, 0.25) is 0 Å². The molecule has 1 fully saturated rings. The van der Waals surface area contributed by atoms with Crippen molar-refractivity contribution in [1.82, 2.24) is 14.8 Å². The van der Waals surface area contributed by atoms with Crippen LogP contribution in [0.5, 0.6) is 0 Å². The Morgan fingerprint density at radius 3 is 2.42 bits per heavy atom. The number of amides is 1. The standard InChI is InChI=1S/C18H24N4OS/c1-10-8-11(2)16(12(3)9-10)19-17(23)13(4)24-18-21-20-14(5)22(18)15-6-7-15/h8-9,13,15H,6-7H2,1-5H3,(H,19,23)/t13-/m1/s1. The van der Waals surface area contributed by atoms with Crippen LogP contribution in [0.4, 0.5) is 5.69 Å². The van der Waals surface area contributed by atoms with E-state index in [9.17, 15) is 4.79 Å². The molecule has 0 unspecified atom stereocenters. The third kappa shape index (κ3) is 3.48. The van der Waals surface area contributed by atoms with Crippen LogP contribution >= 0.6 is 11.8 Å². The van der Waals surface area contributed by atoms with Crippen molar-refractivity contribution in [3.63, 3.8) is 0 Å². The molecule has 1 saturated carbocycles. The van der Waals surface area contributed by atoms with Gasteiger partial charge in [-0.05, 0) is 58.6 Å². The highest BCUT2D eigenvalue weighted by atomic mass is 32.2. The third-order valence-corrected chi connectivity index (χ3v) is 5.38. The first-order chi connectivity index (χ1) is 11.4. The molecule has 1 aliphatic rings. The first-order valence-corrected chi connectivity index (χ1v) is 9.21. The smallest absolute Gasteiger partial charge is 0.237 e. The molecule has 3 rings (SSSR count). The fraction of sp³-hybridized carbons (Fsp3) is 0.500. The van der Waals surface area contributed by atoms with E-state index in [1.54, 1.807) is 0 Å². The van der Waals surface area contributed by atoms with Crippen molar-refractivity contribution in [3.05, 3.63) is 34.6 Å². The van der Waals surface area contributed by atoms with Crippen molar-refractivity contribution in [2.24, 2.45) is 0 Å². The van der Waals surface area contributed by atoms with Gasteiger partial charge in [0.15, 0.2) is 5.16 Å². The molecule has 1 N–H and O–H groups in total. The zero-order chi connectivity index (χ0) is 17.4. The summed E-state index contributed by atoms with van der Waals surface area (Å²) in [4.78, 5) is 12.6. The van der Waals surface area contributed by atoms with E-state index in [4.69, 9.17) is 0 Å². The van der Waals surface area contributed by atoms with E-state index in [-0.39, 0.29) is 11.2 Å². The average molecular weight is 344 g/mol. The van der Waals surface area contributed by atoms with Gasteiger partial charge in [0.2, 0.25) is 5.91 Å². The van der Waals surface area contributed by atoms with Gasteiger partial charge < -0.3 is 9.88 Å². The fourth-order valence-electron chi connectivity index (χ4n) is 3.00. The molecule has 24 heavy (non-hydrogen) atoms. The van der Waals surface area contributed by atoms with Crippen molar-refractivity contribution in [3.8, 4) is 0 Å². The number of anilines is 1. The zero-order valence-electron chi connectivity index (χ0n) is 14.9. The van der Waals surface area contributed by atoms with Crippen LogP contribution in [0, 0.1) is 27.7 Å². The van der Waals surface area contributed by atoms with Crippen molar-refractivity contribution in [2.75, 3.05) is 5.32 Å². The summed E-state index contributed by atoms with van der Waals surface area (Å²) in [6.45, 7) is 10.0.